The Morgan fingerprint density at radius 3 is 2.54 bits per heavy atom. The molecule has 0 N–H and O–H groups in total. The van der Waals surface area contributed by atoms with Gasteiger partial charge in [-0.15, -0.1) is 0 Å². The average Bonchev–Trinajstić information content (AvgIpc) is 3.46. The van der Waals surface area contributed by atoms with E-state index in [2.05, 4.69) is 53.2 Å². The fourth-order valence-corrected chi connectivity index (χ4v) is 6.07. The Kier molecular flexibility index (Phi) is 5.01. The van der Waals surface area contributed by atoms with Crippen LogP contribution in [0, 0.1) is 6.92 Å². The summed E-state index contributed by atoms with van der Waals surface area (Å²) < 4.78 is 7.74. The molecule has 6 heteroatoms. The maximum atomic E-state index is 14.5. The predicted octanol–water partition coefficient (Wildman–Crippen LogP) is 6.70. The molecular weight excluding hydrogens is 526 g/mol. The summed E-state index contributed by atoms with van der Waals surface area (Å²) in [6, 6.07) is 32.3. The van der Waals surface area contributed by atoms with Gasteiger partial charge in [0.1, 0.15) is 5.75 Å². The molecule has 3 aliphatic rings. The molecule has 182 valence electrons. The van der Waals surface area contributed by atoms with Crippen LogP contribution >= 0.6 is 15.9 Å². The molecule has 0 aliphatic carbocycles. The second kappa shape index (κ2) is 8.32. The first-order valence-electron chi connectivity index (χ1n) is 12.4. The van der Waals surface area contributed by atoms with E-state index in [-0.39, 0.29) is 11.9 Å². The molecule has 4 aromatic rings. The molecule has 4 aromatic carbocycles. The summed E-state index contributed by atoms with van der Waals surface area (Å²) in [5, 5.41) is 7.05. The van der Waals surface area contributed by atoms with Gasteiger partial charge in [-0.05, 0) is 42.3 Å². The molecule has 0 saturated heterocycles. The summed E-state index contributed by atoms with van der Waals surface area (Å²) in [7, 11) is 0. The van der Waals surface area contributed by atoms with Gasteiger partial charge >= 0.3 is 5.72 Å². The number of fused-ring (bicyclic) bond motifs is 6. The van der Waals surface area contributed by atoms with Crippen LogP contribution in [0.25, 0.3) is 0 Å². The second-order valence-corrected chi connectivity index (χ2v) is 10.7. The summed E-state index contributed by atoms with van der Waals surface area (Å²) >= 11 is 3.63. The van der Waals surface area contributed by atoms with E-state index in [4.69, 9.17) is 9.84 Å². The monoisotopic (exact) mass is 549 g/mol. The van der Waals surface area contributed by atoms with Crippen molar-refractivity contribution in [1.82, 2.24) is 5.01 Å². The van der Waals surface area contributed by atoms with Crippen LogP contribution in [0.1, 0.15) is 40.3 Å². The van der Waals surface area contributed by atoms with E-state index in [0.29, 0.717) is 13.0 Å². The number of hydrogen-bond donors (Lipinski definition) is 0. The Morgan fingerprint density at radius 2 is 1.73 bits per heavy atom. The minimum absolute atomic E-state index is 0.120. The molecule has 0 radical (unpaired) electrons. The van der Waals surface area contributed by atoms with Crippen LogP contribution in [0.3, 0.4) is 0 Å². The number of halogens is 1. The topological polar surface area (TPSA) is 45.1 Å². The van der Waals surface area contributed by atoms with Gasteiger partial charge in [-0.25, -0.2) is 5.01 Å². The zero-order chi connectivity index (χ0) is 25.1. The molecule has 3 heterocycles. The number of carbonyl (C=O) groups is 1. The molecule has 2 atom stereocenters. The number of aryl methyl sites for hydroxylation is 1. The number of para-hydroxylation sites is 1. The number of hydrogen-bond acceptors (Lipinski definition) is 4. The van der Waals surface area contributed by atoms with E-state index < -0.39 is 5.72 Å². The minimum atomic E-state index is -1.37. The molecule has 0 bridgehead atoms. The number of rotatable bonds is 3. The highest BCUT2D eigenvalue weighted by molar-refractivity contribution is 9.10. The Morgan fingerprint density at radius 1 is 0.973 bits per heavy atom. The van der Waals surface area contributed by atoms with Gasteiger partial charge < -0.3 is 9.64 Å². The van der Waals surface area contributed by atoms with Crippen molar-refractivity contribution < 1.29 is 9.53 Å². The SMILES string of the molecule is Cc1ccc(C2=NN3[C@@H](C2)c2cc(Br)ccc2O[C@]32C(=O)N(Cc3ccccc3)c3ccccc32)cc1. The first kappa shape index (κ1) is 22.3. The molecule has 37 heavy (non-hydrogen) atoms. The number of anilines is 1. The molecular formula is C31H24BrN3O2. The van der Waals surface area contributed by atoms with Gasteiger partial charge in [0.05, 0.1) is 29.5 Å². The average molecular weight is 550 g/mol. The lowest BCUT2D eigenvalue weighted by molar-refractivity contribution is -0.164. The number of benzene rings is 4. The molecule has 7 rings (SSSR count). The Balaban J connectivity index is 1.41. The summed E-state index contributed by atoms with van der Waals surface area (Å²) in [5.74, 6) is 0.597. The van der Waals surface area contributed by atoms with Gasteiger partial charge in [-0.3, -0.25) is 4.79 Å². The van der Waals surface area contributed by atoms with Crippen molar-refractivity contribution in [2.45, 2.75) is 31.7 Å². The van der Waals surface area contributed by atoms with Gasteiger partial charge in [-0.2, -0.15) is 5.10 Å². The van der Waals surface area contributed by atoms with Crippen LogP contribution in [0.4, 0.5) is 5.69 Å². The van der Waals surface area contributed by atoms with Crippen molar-refractivity contribution in [3.63, 3.8) is 0 Å². The largest absolute Gasteiger partial charge is 0.453 e. The normalized spacial score (nSPS) is 21.4. The lowest BCUT2D eigenvalue weighted by atomic mass is 9.92. The maximum Gasteiger partial charge on any atom is 0.306 e. The third-order valence-corrected chi connectivity index (χ3v) is 7.98. The van der Waals surface area contributed by atoms with Gasteiger partial charge in [0.15, 0.2) is 0 Å². The van der Waals surface area contributed by atoms with Crippen LogP contribution in [0.5, 0.6) is 5.75 Å². The van der Waals surface area contributed by atoms with Crippen molar-refractivity contribution in [2.24, 2.45) is 5.10 Å². The maximum absolute atomic E-state index is 14.5. The molecule has 0 saturated carbocycles. The third kappa shape index (κ3) is 3.36. The van der Waals surface area contributed by atoms with Crippen molar-refractivity contribution in [1.29, 1.82) is 0 Å². The number of amides is 1. The van der Waals surface area contributed by atoms with E-state index in [9.17, 15) is 4.79 Å². The summed E-state index contributed by atoms with van der Waals surface area (Å²) in [6.07, 6.45) is 0.686. The van der Waals surface area contributed by atoms with Gasteiger partial charge in [0, 0.05) is 16.5 Å². The Labute approximate surface area is 224 Å². The van der Waals surface area contributed by atoms with E-state index >= 15 is 0 Å². The lowest BCUT2D eigenvalue weighted by Gasteiger charge is -2.44. The second-order valence-electron chi connectivity index (χ2n) is 9.80. The fourth-order valence-electron chi connectivity index (χ4n) is 5.69. The minimum Gasteiger partial charge on any atom is -0.453 e. The first-order chi connectivity index (χ1) is 18.0. The predicted molar refractivity (Wildman–Crippen MR) is 147 cm³/mol. The highest BCUT2D eigenvalue weighted by Gasteiger charge is 2.63. The van der Waals surface area contributed by atoms with Gasteiger partial charge in [-0.1, -0.05) is 94.3 Å². The van der Waals surface area contributed by atoms with Gasteiger partial charge in [0.2, 0.25) is 0 Å². The summed E-state index contributed by atoms with van der Waals surface area (Å²) in [6.45, 7) is 2.54. The molecule has 1 spiro atoms. The molecule has 3 aliphatic heterocycles. The van der Waals surface area contributed by atoms with Crippen molar-refractivity contribution >= 4 is 33.2 Å². The van der Waals surface area contributed by atoms with Crippen LogP contribution < -0.4 is 9.64 Å². The fraction of sp³-hybridized carbons (Fsp3) is 0.161. The molecule has 0 fully saturated rings. The highest BCUT2D eigenvalue weighted by Crippen LogP contribution is 2.56. The number of ether oxygens (including phenoxy) is 1. The number of carbonyl (C=O) groups excluding carboxylic acids is 1. The van der Waals surface area contributed by atoms with E-state index in [1.165, 1.54) is 5.56 Å². The summed E-state index contributed by atoms with van der Waals surface area (Å²) in [5.41, 5.74) is 5.61. The molecule has 5 nitrogen and oxygen atoms in total. The van der Waals surface area contributed by atoms with Crippen molar-refractivity contribution in [2.75, 3.05) is 4.90 Å². The standard InChI is InChI=1S/C31H24BrN3O2/c1-20-11-13-22(14-12-20)26-18-28-24-17-23(32)15-16-29(24)37-31(35(28)33-26)25-9-5-6-10-27(25)34(30(31)36)19-21-7-3-2-4-8-21/h2-17,28H,18-19H2,1H3/t28-,31+/m0/s1. The van der Waals surface area contributed by atoms with Crippen LogP contribution in [-0.2, 0) is 17.1 Å². The van der Waals surface area contributed by atoms with Crippen LogP contribution in [-0.4, -0.2) is 16.6 Å². The Hall–Kier alpha value is -3.90. The quantitative estimate of drug-likeness (QED) is 0.285. The van der Waals surface area contributed by atoms with E-state index in [1.807, 2.05) is 76.6 Å². The van der Waals surface area contributed by atoms with Crippen molar-refractivity contribution in [3.05, 3.63) is 129 Å². The van der Waals surface area contributed by atoms with Crippen LogP contribution in [0.15, 0.2) is 107 Å². The summed E-state index contributed by atoms with van der Waals surface area (Å²) in [4.78, 5) is 16.4. The van der Waals surface area contributed by atoms with E-state index in [0.717, 1.165) is 43.9 Å². The molecule has 0 unspecified atom stereocenters. The third-order valence-electron chi connectivity index (χ3n) is 7.48. The molecule has 1 amide bonds. The van der Waals surface area contributed by atoms with Crippen molar-refractivity contribution in [3.8, 4) is 5.75 Å². The van der Waals surface area contributed by atoms with Crippen LogP contribution in [0.2, 0.25) is 0 Å². The van der Waals surface area contributed by atoms with Gasteiger partial charge in [0.25, 0.3) is 5.91 Å². The lowest BCUT2D eigenvalue weighted by Crippen LogP contribution is -2.57. The molecule has 0 aromatic heterocycles. The zero-order valence-corrected chi connectivity index (χ0v) is 21.9. The smallest absolute Gasteiger partial charge is 0.306 e. The first-order valence-corrected chi connectivity index (χ1v) is 13.2. The zero-order valence-electron chi connectivity index (χ0n) is 20.3. The highest BCUT2D eigenvalue weighted by atomic mass is 79.9. The number of nitrogens with zero attached hydrogens (tertiary/aromatic N) is 3. The Bertz CT molecular complexity index is 1570. The van der Waals surface area contributed by atoms with E-state index in [1.54, 1.807) is 0 Å². The number of hydrazone groups is 1.